The van der Waals surface area contributed by atoms with Crippen molar-refractivity contribution < 1.29 is 32.3 Å². The summed E-state index contributed by atoms with van der Waals surface area (Å²) in [5.41, 5.74) is 2.89. The lowest BCUT2D eigenvalue weighted by Gasteiger charge is -2.35. The number of primary sulfonamides is 1. The predicted octanol–water partition coefficient (Wildman–Crippen LogP) is 4.10. The number of methoxy groups -OCH3 is 1. The maximum Gasteiger partial charge on any atom is 0.247 e. The molecule has 2 aromatic carbocycles. The van der Waals surface area contributed by atoms with E-state index in [1.54, 1.807) is 19.2 Å². The molecule has 0 radical (unpaired) electrons. The van der Waals surface area contributed by atoms with Crippen LogP contribution < -0.4 is 5.14 Å². The molecule has 2 aromatic heterocycles. The Morgan fingerprint density at radius 2 is 1.73 bits per heavy atom. The first-order chi connectivity index (χ1) is 19.8. The van der Waals surface area contributed by atoms with E-state index in [0.717, 1.165) is 11.3 Å². The molecular weight excluding hydrogens is 548 g/mol. The molecule has 0 amide bonds. The van der Waals surface area contributed by atoms with Crippen LogP contribution in [0.4, 0.5) is 0 Å². The second kappa shape index (κ2) is 12.3. The largest absolute Gasteiger partial charge is 0.434 e. The molecule has 1 fully saturated rings. The Balaban J connectivity index is 1.36. The van der Waals surface area contributed by atoms with Gasteiger partial charge in [-0.3, -0.25) is 4.98 Å². The fourth-order valence-corrected chi connectivity index (χ4v) is 5.21. The molecule has 11 nitrogen and oxygen atoms in total. The van der Waals surface area contributed by atoms with Gasteiger partial charge in [-0.25, -0.2) is 18.5 Å². The number of aromatic nitrogens is 2. The van der Waals surface area contributed by atoms with Crippen molar-refractivity contribution >= 4 is 15.7 Å². The second-order valence-corrected chi connectivity index (χ2v) is 11.1. The number of nitrogens with zero attached hydrogens (tertiary/aromatic N) is 3. The molecule has 0 atom stereocenters. The molecular formula is C29H30N4O7S. The summed E-state index contributed by atoms with van der Waals surface area (Å²) in [6.45, 7) is 1.25. The van der Waals surface area contributed by atoms with E-state index >= 15 is 0 Å². The van der Waals surface area contributed by atoms with Gasteiger partial charge in [0.05, 0.1) is 29.5 Å². The summed E-state index contributed by atoms with van der Waals surface area (Å²) in [6, 6.07) is 20.9. The molecule has 1 aliphatic rings. The van der Waals surface area contributed by atoms with Gasteiger partial charge < -0.3 is 23.8 Å². The van der Waals surface area contributed by atoms with Crippen molar-refractivity contribution in [2.45, 2.75) is 29.9 Å². The van der Waals surface area contributed by atoms with Crippen LogP contribution in [0, 0.1) is 0 Å². The molecule has 214 valence electrons. The standard InChI is InChI=1S/C29H30N4O7S/c1-37-29(14-16-38-17-15-29)25-9-5-8-22(31-25)18-39-19-24(33-34)28-32-26(20-6-3-2-4-7-20)27(40-28)21-10-12-23(13-11-21)41(30,35)36/h2-13,34H,14-19H2,1H3,(H2,30,35,36)/b33-24+. The lowest BCUT2D eigenvalue weighted by Crippen LogP contribution is -2.36. The molecule has 3 N–H and O–H groups in total. The van der Waals surface area contributed by atoms with Gasteiger partial charge in [0.2, 0.25) is 15.9 Å². The van der Waals surface area contributed by atoms with Crippen LogP contribution in [0.25, 0.3) is 22.6 Å². The minimum atomic E-state index is -3.86. The molecule has 0 aliphatic carbocycles. The quantitative estimate of drug-likeness (QED) is 0.160. The molecule has 1 aliphatic heterocycles. The summed E-state index contributed by atoms with van der Waals surface area (Å²) in [4.78, 5) is 9.33. The molecule has 12 heteroatoms. The zero-order valence-corrected chi connectivity index (χ0v) is 23.2. The average Bonchev–Trinajstić information content (AvgIpc) is 3.45. The van der Waals surface area contributed by atoms with Gasteiger partial charge in [0.25, 0.3) is 0 Å². The van der Waals surface area contributed by atoms with Gasteiger partial charge in [0.15, 0.2) is 11.5 Å². The average molecular weight is 579 g/mol. The van der Waals surface area contributed by atoms with Gasteiger partial charge in [-0.15, -0.1) is 0 Å². The van der Waals surface area contributed by atoms with Gasteiger partial charge >= 0.3 is 0 Å². The Morgan fingerprint density at radius 3 is 2.39 bits per heavy atom. The van der Waals surface area contributed by atoms with Gasteiger partial charge in [-0.2, -0.15) is 0 Å². The molecule has 4 aromatic rings. The summed E-state index contributed by atoms with van der Waals surface area (Å²) in [6.07, 6.45) is 1.42. The lowest BCUT2D eigenvalue weighted by molar-refractivity contribution is -0.0974. The van der Waals surface area contributed by atoms with Crippen LogP contribution in [0.3, 0.4) is 0 Å². The van der Waals surface area contributed by atoms with Crippen LogP contribution in [-0.2, 0) is 36.4 Å². The summed E-state index contributed by atoms with van der Waals surface area (Å²) in [5, 5.41) is 18.4. The van der Waals surface area contributed by atoms with Gasteiger partial charge in [-0.05, 0) is 36.4 Å². The van der Waals surface area contributed by atoms with Crippen molar-refractivity contribution in [3.63, 3.8) is 0 Å². The van der Waals surface area contributed by atoms with E-state index in [0.29, 0.717) is 48.8 Å². The van der Waals surface area contributed by atoms with Crippen molar-refractivity contribution in [2.75, 3.05) is 26.9 Å². The molecule has 3 heterocycles. The van der Waals surface area contributed by atoms with Crippen molar-refractivity contribution in [1.29, 1.82) is 0 Å². The van der Waals surface area contributed by atoms with Crippen molar-refractivity contribution in [3.8, 4) is 22.6 Å². The highest BCUT2D eigenvalue weighted by atomic mass is 32.2. The van der Waals surface area contributed by atoms with Crippen LogP contribution in [0.1, 0.15) is 30.1 Å². The fraction of sp³-hybridized carbons (Fsp3) is 0.276. The minimum Gasteiger partial charge on any atom is -0.434 e. The summed E-state index contributed by atoms with van der Waals surface area (Å²) in [7, 11) is -2.17. The van der Waals surface area contributed by atoms with Crippen molar-refractivity contribution in [3.05, 3.63) is 90.1 Å². The zero-order chi connectivity index (χ0) is 28.9. The Labute approximate surface area is 237 Å². The van der Waals surface area contributed by atoms with E-state index < -0.39 is 15.6 Å². The molecule has 0 saturated carbocycles. The molecule has 1 saturated heterocycles. The number of rotatable bonds is 10. The summed E-state index contributed by atoms with van der Waals surface area (Å²) < 4.78 is 46.7. The topological polar surface area (TPSA) is 159 Å². The zero-order valence-electron chi connectivity index (χ0n) is 22.4. The Morgan fingerprint density at radius 1 is 1.00 bits per heavy atom. The molecule has 0 unspecified atom stereocenters. The minimum absolute atomic E-state index is 0.0285. The number of oxazole rings is 1. The van der Waals surface area contributed by atoms with Crippen LogP contribution >= 0.6 is 0 Å². The number of oxime groups is 1. The first-order valence-electron chi connectivity index (χ1n) is 12.9. The number of pyridine rings is 1. The number of ether oxygens (including phenoxy) is 3. The van der Waals surface area contributed by atoms with Crippen molar-refractivity contribution in [2.24, 2.45) is 10.3 Å². The Kier molecular flexibility index (Phi) is 8.57. The van der Waals surface area contributed by atoms with Crippen LogP contribution in [-0.4, -0.2) is 56.2 Å². The molecule has 5 rings (SSSR count). The van der Waals surface area contributed by atoms with E-state index in [4.69, 9.17) is 28.8 Å². The Bertz CT molecular complexity index is 1610. The first-order valence-corrected chi connectivity index (χ1v) is 14.5. The van der Waals surface area contributed by atoms with Gasteiger partial charge in [0, 0.05) is 44.3 Å². The van der Waals surface area contributed by atoms with Crippen LogP contribution in [0.5, 0.6) is 0 Å². The number of benzene rings is 2. The molecule has 0 spiro atoms. The maximum atomic E-state index is 11.7. The predicted molar refractivity (Wildman–Crippen MR) is 150 cm³/mol. The van der Waals surface area contributed by atoms with E-state index in [-0.39, 0.29) is 29.7 Å². The van der Waals surface area contributed by atoms with Crippen LogP contribution in [0.15, 0.2) is 87.3 Å². The molecule has 41 heavy (non-hydrogen) atoms. The van der Waals surface area contributed by atoms with Gasteiger partial charge in [-0.1, -0.05) is 41.6 Å². The van der Waals surface area contributed by atoms with Crippen LogP contribution in [0.2, 0.25) is 0 Å². The number of sulfonamides is 1. The third-order valence-corrected chi connectivity index (χ3v) is 7.87. The SMILES string of the molecule is COC1(c2cccc(COC/C(=N\O)c3nc(-c4ccccc4)c(-c4ccc(S(N)(=O)=O)cc4)o3)n2)CCOCC1. The lowest BCUT2D eigenvalue weighted by atomic mass is 9.90. The second-order valence-electron chi connectivity index (χ2n) is 9.50. The van der Waals surface area contributed by atoms with E-state index in [1.165, 1.54) is 12.1 Å². The summed E-state index contributed by atoms with van der Waals surface area (Å²) >= 11 is 0. The van der Waals surface area contributed by atoms with Gasteiger partial charge in [0.1, 0.15) is 11.3 Å². The van der Waals surface area contributed by atoms with E-state index in [1.807, 2.05) is 48.5 Å². The number of nitrogens with two attached hydrogens (primary N) is 1. The fourth-order valence-electron chi connectivity index (χ4n) is 4.69. The van der Waals surface area contributed by atoms with E-state index in [9.17, 15) is 13.6 Å². The highest BCUT2D eigenvalue weighted by Crippen LogP contribution is 2.35. The smallest absolute Gasteiger partial charge is 0.247 e. The monoisotopic (exact) mass is 578 g/mol. The normalized spacial score (nSPS) is 15.6. The number of hydrogen-bond donors (Lipinski definition) is 2. The molecule has 0 bridgehead atoms. The first kappa shape index (κ1) is 28.6. The van der Waals surface area contributed by atoms with E-state index in [2.05, 4.69) is 10.1 Å². The third-order valence-electron chi connectivity index (χ3n) is 6.94. The third kappa shape index (κ3) is 6.37. The van der Waals surface area contributed by atoms with Crippen molar-refractivity contribution in [1.82, 2.24) is 9.97 Å². The summed E-state index contributed by atoms with van der Waals surface area (Å²) in [5.74, 6) is 0.420. The highest BCUT2D eigenvalue weighted by molar-refractivity contribution is 7.89. The highest BCUT2D eigenvalue weighted by Gasteiger charge is 2.36. The number of hydrogen-bond acceptors (Lipinski definition) is 10. The Hall–Kier alpha value is -3.94. The maximum absolute atomic E-state index is 11.7.